The Morgan fingerprint density at radius 3 is 2.00 bits per heavy atom. The highest BCUT2D eigenvalue weighted by Gasteiger charge is 2.07. The Morgan fingerprint density at radius 1 is 1.17 bits per heavy atom. The number of carbonyl (C=O) groups is 2. The van der Waals surface area contributed by atoms with Gasteiger partial charge in [0, 0.05) is 0 Å². The summed E-state index contributed by atoms with van der Waals surface area (Å²) < 4.78 is 8.48. The van der Waals surface area contributed by atoms with Crippen LogP contribution in [0.1, 0.15) is 35.3 Å². The number of benzene rings is 1. The molecule has 0 aliphatic rings. The van der Waals surface area contributed by atoms with Crippen molar-refractivity contribution in [3.63, 3.8) is 0 Å². The van der Waals surface area contributed by atoms with Crippen LogP contribution >= 0.6 is 0 Å². The van der Waals surface area contributed by atoms with E-state index in [1.54, 1.807) is 6.07 Å². The molecule has 0 aromatic heterocycles. The zero-order chi connectivity index (χ0) is 14.6. The second-order valence-electron chi connectivity index (χ2n) is 3.14. The van der Waals surface area contributed by atoms with Gasteiger partial charge in [-0.25, -0.2) is 4.79 Å². The molecule has 0 saturated carbocycles. The minimum atomic E-state index is -0.271. The molecule has 0 N–H and O–H groups in total. The van der Waals surface area contributed by atoms with Crippen LogP contribution in [-0.4, -0.2) is 26.7 Å². The van der Waals surface area contributed by atoms with Gasteiger partial charge < -0.3 is 9.47 Å². The second-order valence-corrected chi connectivity index (χ2v) is 3.14. The van der Waals surface area contributed by atoms with Crippen LogP contribution < -0.4 is 0 Å². The molecule has 0 amide bonds. The van der Waals surface area contributed by atoms with E-state index < -0.39 is 0 Å². The summed E-state index contributed by atoms with van der Waals surface area (Å²) in [7, 11) is 2.70. The van der Waals surface area contributed by atoms with Crippen molar-refractivity contribution < 1.29 is 19.1 Å². The molecule has 0 spiro atoms. The van der Waals surface area contributed by atoms with Gasteiger partial charge in [0.15, 0.2) is 0 Å². The Balaban J connectivity index is 0. The fourth-order valence-electron chi connectivity index (χ4n) is 1.15. The maximum atomic E-state index is 11.1. The van der Waals surface area contributed by atoms with Crippen LogP contribution in [0.3, 0.4) is 0 Å². The smallest absolute Gasteiger partial charge is 0.338 e. The lowest BCUT2D eigenvalue weighted by Gasteiger charge is -2.03. The molecule has 102 valence electrons. The maximum absolute atomic E-state index is 11.1. The molecule has 0 aliphatic heterocycles. The average Bonchev–Trinajstić information content (AvgIpc) is 2.40. The fraction of sp³-hybridized carbons (Fsp3) is 0.429. The molecule has 18 heavy (non-hydrogen) atoms. The number of rotatable bonds is 2. The lowest BCUT2D eigenvalue weighted by atomic mass is 10.1. The predicted octanol–water partition coefficient (Wildman–Crippen LogP) is 2.91. The third kappa shape index (κ3) is 7.44. The molecule has 0 aliphatic carbocycles. The lowest BCUT2D eigenvalue weighted by Crippen LogP contribution is -2.03. The number of esters is 1. The first-order valence-corrected chi connectivity index (χ1v) is 5.68. The van der Waals surface area contributed by atoms with Crippen LogP contribution in [0.4, 0.5) is 0 Å². The molecule has 0 bridgehead atoms. The summed E-state index contributed by atoms with van der Waals surface area (Å²) in [6, 6.07) is 5.65. The first-order valence-electron chi connectivity index (χ1n) is 5.68. The Morgan fingerprint density at radius 2 is 1.67 bits per heavy atom. The van der Waals surface area contributed by atoms with E-state index in [9.17, 15) is 4.79 Å². The molecule has 1 aromatic rings. The molecular formula is C14H22O4. The van der Waals surface area contributed by atoms with Crippen LogP contribution in [0.15, 0.2) is 18.2 Å². The largest absolute Gasteiger partial charge is 0.471 e. The Kier molecular flexibility index (Phi) is 12.0. The van der Waals surface area contributed by atoms with E-state index in [-0.39, 0.29) is 5.97 Å². The van der Waals surface area contributed by atoms with Crippen molar-refractivity contribution >= 4 is 12.4 Å². The van der Waals surface area contributed by atoms with Crippen molar-refractivity contribution in [1.29, 1.82) is 0 Å². The quantitative estimate of drug-likeness (QED) is 0.601. The molecular weight excluding hydrogens is 232 g/mol. The topological polar surface area (TPSA) is 52.6 Å². The van der Waals surface area contributed by atoms with Gasteiger partial charge in [0.1, 0.15) is 0 Å². The fourth-order valence-corrected chi connectivity index (χ4v) is 1.15. The molecule has 0 fully saturated rings. The normalized spacial score (nSPS) is 7.89. The monoisotopic (exact) mass is 254 g/mol. The summed E-state index contributed by atoms with van der Waals surface area (Å²) in [4.78, 5) is 20.1. The highest BCUT2D eigenvalue weighted by atomic mass is 16.5. The second kappa shape index (κ2) is 11.6. The van der Waals surface area contributed by atoms with E-state index in [0.29, 0.717) is 12.0 Å². The minimum absolute atomic E-state index is 0.271. The Labute approximate surface area is 109 Å². The predicted molar refractivity (Wildman–Crippen MR) is 71.7 cm³/mol. The number of methoxy groups -OCH3 is 2. The molecule has 0 heterocycles. The van der Waals surface area contributed by atoms with Crippen molar-refractivity contribution in [1.82, 2.24) is 0 Å². The zero-order valence-corrected chi connectivity index (χ0v) is 11.9. The van der Waals surface area contributed by atoms with E-state index >= 15 is 0 Å². The van der Waals surface area contributed by atoms with Crippen LogP contribution in [0.25, 0.3) is 0 Å². The molecule has 0 radical (unpaired) electrons. The maximum Gasteiger partial charge on any atom is 0.338 e. The van der Waals surface area contributed by atoms with Gasteiger partial charge in [0.25, 0.3) is 6.47 Å². The van der Waals surface area contributed by atoms with Crippen LogP contribution in [0.2, 0.25) is 0 Å². The van der Waals surface area contributed by atoms with Gasteiger partial charge in [-0.05, 0) is 25.5 Å². The molecule has 0 unspecified atom stereocenters. The number of aryl methyl sites for hydroxylation is 2. The Hall–Kier alpha value is -1.84. The average molecular weight is 254 g/mol. The molecule has 0 saturated heterocycles. The van der Waals surface area contributed by atoms with Crippen molar-refractivity contribution in [2.45, 2.75) is 27.7 Å². The zero-order valence-electron chi connectivity index (χ0n) is 11.9. The van der Waals surface area contributed by atoms with Gasteiger partial charge >= 0.3 is 5.97 Å². The van der Waals surface area contributed by atoms with Crippen molar-refractivity contribution in [2.24, 2.45) is 0 Å². The van der Waals surface area contributed by atoms with E-state index in [1.807, 2.05) is 39.8 Å². The summed E-state index contributed by atoms with van der Waals surface area (Å²) in [6.07, 6.45) is 0. The Bertz CT molecular complexity index is 359. The van der Waals surface area contributed by atoms with E-state index in [4.69, 9.17) is 4.79 Å². The first kappa shape index (κ1) is 18.5. The van der Waals surface area contributed by atoms with Gasteiger partial charge in [-0.1, -0.05) is 31.5 Å². The third-order valence-electron chi connectivity index (χ3n) is 1.88. The van der Waals surface area contributed by atoms with Crippen LogP contribution in [0.5, 0.6) is 0 Å². The number of carbonyl (C=O) groups excluding carboxylic acids is 2. The summed E-state index contributed by atoms with van der Waals surface area (Å²) in [5.41, 5.74) is 2.75. The van der Waals surface area contributed by atoms with Crippen molar-refractivity contribution in [2.75, 3.05) is 14.2 Å². The van der Waals surface area contributed by atoms with E-state index in [1.165, 1.54) is 14.2 Å². The van der Waals surface area contributed by atoms with Crippen LogP contribution in [-0.2, 0) is 14.3 Å². The SMILES string of the molecule is CC.COC(=O)c1ccc(C)cc1C.COC=O. The summed E-state index contributed by atoms with van der Waals surface area (Å²) >= 11 is 0. The molecule has 4 nitrogen and oxygen atoms in total. The van der Waals surface area contributed by atoms with Crippen molar-refractivity contribution in [3.8, 4) is 0 Å². The third-order valence-corrected chi connectivity index (χ3v) is 1.88. The van der Waals surface area contributed by atoms with Crippen molar-refractivity contribution in [3.05, 3.63) is 34.9 Å². The van der Waals surface area contributed by atoms with Gasteiger partial charge in [0.2, 0.25) is 0 Å². The molecule has 0 atom stereocenters. The first-order chi connectivity index (χ1) is 8.56. The van der Waals surface area contributed by atoms with Gasteiger partial charge in [-0.3, -0.25) is 4.79 Å². The lowest BCUT2D eigenvalue weighted by molar-refractivity contribution is -0.126. The number of hydrogen-bond donors (Lipinski definition) is 0. The number of ether oxygens (including phenoxy) is 2. The van der Waals surface area contributed by atoms with Crippen LogP contribution in [0, 0.1) is 13.8 Å². The van der Waals surface area contributed by atoms with Gasteiger partial charge in [-0.15, -0.1) is 0 Å². The summed E-state index contributed by atoms with van der Waals surface area (Å²) in [6.45, 7) is 8.27. The molecule has 1 aromatic carbocycles. The highest BCUT2D eigenvalue weighted by Crippen LogP contribution is 2.10. The van der Waals surface area contributed by atoms with E-state index in [0.717, 1.165) is 11.1 Å². The molecule has 4 heteroatoms. The summed E-state index contributed by atoms with van der Waals surface area (Å²) in [5.74, 6) is -0.271. The van der Waals surface area contributed by atoms with E-state index in [2.05, 4.69) is 9.47 Å². The van der Waals surface area contributed by atoms with Gasteiger partial charge in [0.05, 0.1) is 19.8 Å². The molecule has 1 rings (SSSR count). The minimum Gasteiger partial charge on any atom is -0.471 e. The summed E-state index contributed by atoms with van der Waals surface area (Å²) in [5, 5.41) is 0. The standard InChI is InChI=1S/C10H12O2.C2H4O2.C2H6/c1-7-4-5-9(8(2)6-7)10(11)12-3;1-4-2-3;1-2/h4-6H,1-3H3;2H,1H3;1-2H3. The highest BCUT2D eigenvalue weighted by molar-refractivity contribution is 5.90. The number of hydrogen-bond acceptors (Lipinski definition) is 4. The van der Waals surface area contributed by atoms with Gasteiger partial charge in [-0.2, -0.15) is 0 Å².